The van der Waals surface area contributed by atoms with Crippen LogP contribution in [-0.2, 0) is 0 Å². The van der Waals surface area contributed by atoms with Crippen molar-refractivity contribution in [1.29, 1.82) is 0 Å². The Morgan fingerprint density at radius 3 is 2.50 bits per heavy atom. The minimum absolute atomic E-state index is 0.232. The van der Waals surface area contributed by atoms with E-state index >= 15 is 0 Å². The van der Waals surface area contributed by atoms with E-state index in [1.54, 1.807) is 0 Å². The molecule has 0 radical (unpaired) electrons. The standard InChI is InChI=1S/C11H24N2O/c1-3-13(8-10(9-14)12-2)11-6-4-5-7-11/h10-12,14H,3-9H2,1-2H3. The molecule has 84 valence electrons. The first-order chi connectivity index (χ1) is 6.81. The van der Waals surface area contributed by atoms with Crippen LogP contribution in [0.5, 0.6) is 0 Å². The average Bonchev–Trinajstić information content (AvgIpc) is 2.73. The Labute approximate surface area is 87.5 Å². The van der Waals surface area contributed by atoms with Gasteiger partial charge in [0.1, 0.15) is 0 Å². The lowest BCUT2D eigenvalue weighted by atomic mass is 10.2. The van der Waals surface area contributed by atoms with Crippen LogP contribution >= 0.6 is 0 Å². The SMILES string of the molecule is CCN(CC(CO)NC)C1CCCC1. The molecule has 0 spiro atoms. The highest BCUT2D eigenvalue weighted by Crippen LogP contribution is 2.23. The summed E-state index contributed by atoms with van der Waals surface area (Å²) in [5.74, 6) is 0. The maximum atomic E-state index is 9.12. The van der Waals surface area contributed by atoms with Gasteiger partial charge in [-0.15, -0.1) is 0 Å². The van der Waals surface area contributed by atoms with Gasteiger partial charge in [0.2, 0.25) is 0 Å². The number of nitrogens with one attached hydrogen (secondary N) is 1. The van der Waals surface area contributed by atoms with E-state index in [0.29, 0.717) is 0 Å². The quantitative estimate of drug-likeness (QED) is 0.667. The molecular formula is C11H24N2O. The third kappa shape index (κ3) is 3.23. The topological polar surface area (TPSA) is 35.5 Å². The molecule has 2 N–H and O–H groups in total. The molecule has 1 atom stereocenters. The largest absolute Gasteiger partial charge is 0.395 e. The Morgan fingerprint density at radius 1 is 1.43 bits per heavy atom. The van der Waals surface area contributed by atoms with E-state index in [1.807, 2.05) is 7.05 Å². The lowest BCUT2D eigenvalue weighted by Crippen LogP contribution is -2.45. The maximum absolute atomic E-state index is 9.12. The van der Waals surface area contributed by atoms with E-state index in [0.717, 1.165) is 19.1 Å². The van der Waals surface area contributed by atoms with Crippen LogP contribution in [0.3, 0.4) is 0 Å². The zero-order valence-electron chi connectivity index (χ0n) is 9.50. The Morgan fingerprint density at radius 2 is 2.07 bits per heavy atom. The second kappa shape index (κ2) is 6.38. The summed E-state index contributed by atoms with van der Waals surface area (Å²) < 4.78 is 0. The van der Waals surface area contributed by atoms with E-state index in [9.17, 15) is 0 Å². The van der Waals surface area contributed by atoms with Gasteiger partial charge in [0.25, 0.3) is 0 Å². The fourth-order valence-corrected chi connectivity index (χ4v) is 2.33. The minimum atomic E-state index is 0.232. The van der Waals surface area contributed by atoms with E-state index in [1.165, 1.54) is 25.7 Å². The number of hydrogen-bond acceptors (Lipinski definition) is 3. The molecule has 1 rings (SSSR count). The van der Waals surface area contributed by atoms with Crippen LogP contribution < -0.4 is 5.32 Å². The zero-order valence-corrected chi connectivity index (χ0v) is 9.50. The summed E-state index contributed by atoms with van der Waals surface area (Å²) in [7, 11) is 1.92. The molecule has 0 aromatic carbocycles. The van der Waals surface area contributed by atoms with Crippen LogP contribution in [0.1, 0.15) is 32.6 Å². The van der Waals surface area contributed by atoms with Crippen molar-refractivity contribution < 1.29 is 5.11 Å². The summed E-state index contributed by atoms with van der Waals surface area (Å²) >= 11 is 0. The van der Waals surface area contributed by atoms with Crippen molar-refractivity contribution in [3.05, 3.63) is 0 Å². The number of hydrogen-bond donors (Lipinski definition) is 2. The van der Waals surface area contributed by atoms with Crippen molar-refractivity contribution in [3.8, 4) is 0 Å². The number of likely N-dealkylation sites (N-methyl/N-ethyl adjacent to an activating group) is 2. The lowest BCUT2D eigenvalue weighted by Gasteiger charge is -2.30. The van der Waals surface area contributed by atoms with Crippen LogP contribution in [0.2, 0.25) is 0 Å². The maximum Gasteiger partial charge on any atom is 0.0597 e. The lowest BCUT2D eigenvalue weighted by molar-refractivity contribution is 0.154. The fourth-order valence-electron chi connectivity index (χ4n) is 2.33. The number of aliphatic hydroxyl groups is 1. The van der Waals surface area contributed by atoms with Gasteiger partial charge in [-0.05, 0) is 26.4 Å². The Kier molecular flexibility index (Phi) is 5.45. The summed E-state index contributed by atoms with van der Waals surface area (Å²) in [5.41, 5.74) is 0. The van der Waals surface area contributed by atoms with Crippen molar-refractivity contribution in [2.45, 2.75) is 44.7 Å². The van der Waals surface area contributed by atoms with E-state index in [2.05, 4.69) is 17.1 Å². The van der Waals surface area contributed by atoms with E-state index < -0.39 is 0 Å². The smallest absolute Gasteiger partial charge is 0.0597 e. The third-order valence-corrected chi connectivity index (χ3v) is 3.33. The molecule has 0 aromatic rings. The fraction of sp³-hybridized carbons (Fsp3) is 1.00. The van der Waals surface area contributed by atoms with Gasteiger partial charge in [-0.1, -0.05) is 19.8 Å². The molecule has 0 bridgehead atoms. The number of rotatable bonds is 6. The van der Waals surface area contributed by atoms with E-state index in [4.69, 9.17) is 5.11 Å². The molecule has 0 aromatic heterocycles. The summed E-state index contributed by atoms with van der Waals surface area (Å²) in [5, 5.41) is 12.3. The highest BCUT2D eigenvalue weighted by atomic mass is 16.3. The van der Waals surface area contributed by atoms with Gasteiger partial charge in [0.05, 0.1) is 6.61 Å². The second-order valence-electron chi connectivity index (χ2n) is 4.19. The van der Waals surface area contributed by atoms with Crippen LogP contribution in [0.4, 0.5) is 0 Å². The van der Waals surface area contributed by atoms with Crippen LogP contribution in [-0.4, -0.2) is 48.8 Å². The zero-order chi connectivity index (χ0) is 10.4. The van der Waals surface area contributed by atoms with Crippen LogP contribution in [0, 0.1) is 0 Å². The number of aliphatic hydroxyl groups excluding tert-OH is 1. The highest BCUT2D eigenvalue weighted by molar-refractivity contribution is 4.80. The van der Waals surface area contributed by atoms with Gasteiger partial charge in [0, 0.05) is 18.6 Å². The van der Waals surface area contributed by atoms with Crippen molar-refractivity contribution in [3.63, 3.8) is 0 Å². The van der Waals surface area contributed by atoms with Gasteiger partial charge < -0.3 is 10.4 Å². The molecule has 0 heterocycles. The van der Waals surface area contributed by atoms with Crippen molar-refractivity contribution in [2.75, 3.05) is 26.7 Å². The van der Waals surface area contributed by atoms with Crippen LogP contribution in [0.15, 0.2) is 0 Å². The predicted molar refractivity (Wildman–Crippen MR) is 59.4 cm³/mol. The molecule has 0 aliphatic heterocycles. The molecule has 0 saturated heterocycles. The normalized spacial score (nSPS) is 20.6. The first-order valence-electron chi connectivity index (χ1n) is 5.84. The molecular weight excluding hydrogens is 176 g/mol. The highest BCUT2D eigenvalue weighted by Gasteiger charge is 2.22. The molecule has 14 heavy (non-hydrogen) atoms. The molecule has 1 aliphatic rings. The van der Waals surface area contributed by atoms with Gasteiger partial charge >= 0.3 is 0 Å². The Hall–Kier alpha value is -0.120. The molecule has 1 saturated carbocycles. The first-order valence-corrected chi connectivity index (χ1v) is 5.84. The minimum Gasteiger partial charge on any atom is -0.395 e. The molecule has 0 amide bonds. The summed E-state index contributed by atoms with van der Waals surface area (Å²) in [4.78, 5) is 2.50. The van der Waals surface area contributed by atoms with E-state index in [-0.39, 0.29) is 12.6 Å². The number of nitrogens with zero attached hydrogens (tertiary/aromatic N) is 1. The van der Waals surface area contributed by atoms with Gasteiger partial charge in [-0.3, -0.25) is 4.90 Å². The van der Waals surface area contributed by atoms with Gasteiger partial charge in [-0.2, -0.15) is 0 Å². The summed E-state index contributed by atoms with van der Waals surface area (Å²) in [6.45, 7) is 4.53. The first kappa shape index (κ1) is 12.0. The van der Waals surface area contributed by atoms with Crippen molar-refractivity contribution in [2.24, 2.45) is 0 Å². The average molecular weight is 200 g/mol. The third-order valence-electron chi connectivity index (χ3n) is 3.33. The predicted octanol–water partition coefficient (Wildman–Crippen LogP) is 0.831. The van der Waals surface area contributed by atoms with Crippen molar-refractivity contribution >= 4 is 0 Å². The summed E-state index contributed by atoms with van der Waals surface area (Å²) in [6, 6.07) is 0.998. The molecule has 3 nitrogen and oxygen atoms in total. The monoisotopic (exact) mass is 200 g/mol. The molecule has 3 heteroatoms. The van der Waals surface area contributed by atoms with Gasteiger partial charge in [-0.25, -0.2) is 0 Å². The molecule has 1 fully saturated rings. The Bertz CT molecular complexity index is 142. The molecule has 1 unspecified atom stereocenters. The second-order valence-corrected chi connectivity index (χ2v) is 4.19. The van der Waals surface area contributed by atoms with Crippen molar-refractivity contribution in [1.82, 2.24) is 10.2 Å². The summed E-state index contributed by atoms with van der Waals surface area (Å²) in [6.07, 6.45) is 5.44. The molecule has 1 aliphatic carbocycles. The van der Waals surface area contributed by atoms with Gasteiger partial charge in [0.15, 0.2) is 0 Å². The van der Waals surface area contributed by atoms with Crippen LogP contribution in [0.25, 0.3) is 0 Å². The Balaban J connectivity index is 2.36.